The molecule has 1 N–H and O–H groups in total. The summed E-state index contributed by atoms with van der Waals surface area (Å²) < 4.78 is 5.69. The molecule has 3 nitrogen and oxygen atoms in total. The second-order valence-electron chi connectivity index (χ2n) is 4.44. The molecular formula is C13H24N2O. The summed E-state index contributed by atoms with van der Waals surface area (Å²) in [6.07, 6.45) is 6.13. The zero-order valence-corrected chi connectivity index (χ0v) is 10.8. The van der Waals surface area contributed by atoms with Crippen LogP contribution in [-0.4, -0.2) is 18.1 Å². The molecule has 0 bridgehead atoms. The van der Waals surface area contributed by atoms with Crippen LogP contribution in [0.4, 0.5) is 0 Å². The first kappa shape index (κ1) is 13.2. The highest BCUT2D eigenvalue weighted by Crippen LogP contribution is 2.12. The fourth-order valence-electron chi connectivity index (χ4n) is 1.54. The summed E-state index contributed by atoms with van der Waals surface area (Å²) in [6, 6.07) is 0. The predicted octanol–water partition coefficient (Wildman–Crippen LogP) is 2.81. The molecule has 0 saturated carbocycles. The van der Waals surface area contributed by atoms with Crippen LogP contribution in [0.15, 0.2) is 10.6 Å². The first-order chi connectivity index (χ1) is 7.76. The number of nitrogens with zero attached hydrogens (tertiary/aromatic N) is 1. The van der Waals surface area contributed by atoms with Crippen LogP contribution in [0.1, 0.15) is 45.3 Å². The molecule has 0 aliphatic carbocycles. The Labute approximate surface area is 98.6 Å². The lowest BCUT2D eigenvalue weighted by Crippen LogP contribution is -2.17. The molecule has 0 radical (unpaired) electrons. The average Bonchev–Trinajstić information content (AvgIpc) is 2.72. The third kappa shape index (κ3) is 4.79. The van der Waals surface area contributed by atoms with Crippen LogP contribution < -0.4 is 5.32 Å². The van der Waals surface area contributed by atoms with E-state index in [9.17, 15) is 0 Å². The summed E-state index contributed by atoms with van der Waals surface area (Å²) in [5.41, 5.74) is 0. The van der Waals surface area contributed by atoms with Crippen molar-refractivity contribution in [3.8, 4) is 0 Å². The SMILES string of the molecule is CCCNCCc1ncc(CC(C)CC)o1. The minimum absolute atomic E-state index is 0.680. The Hall–Kier alpha value is -0.830. The van der Waals surface area contributed by atoms with Crippen LogP contribution in [-0.2, 0) is 12.8 Å². The third-order valence-corrected chi connectivity index (χ3v) is 2.79. The van der Waals surface area contributed by atoms with Gasteiger partial charge in [-0.15, -0.1) is 0 Å². The van der Waals surface area contributed by atoms with E-state index in [1.807, 2.05) is 6.20 Å². The van der Waals surface area contributed by atoms with E-state index in [-0.39, 0.29) is 0 Å². The molecule has 0 saturated heterocycles. The summed E-state index contributed by atoms with van der Waals surface area (Å²) in [5.74, 6) is 2.57. The highest BCUT2D eigenvalue weighted by atomic mass is 16.4. The molecule has 1 aromatic heterocycles. The minimum atomic E-state index is 0.680. The fraction of sp³-hybridized carbons (Fsp3) is 0.769. The van der Waals surface area contributed by atoms with Crippen molar-refractivity contribution in [3.63, 3.8) is 0 Å². The van der Waals surface area contributed by atoms with E-state index in [1.165, 1.54) is 12.8 Å². The van der Waals surface area contributed by atoms with Gasteiger partial charge in [-0.2, -0.15) is 0 Å². The standard InChI is InChI=1S/C13H24N2O/c1-4-7-14-8-6-13-15-10-12(16-13)9-11(3)5-2/h10-11,14H,4-9H2,1-3H3. The van der Waals surface area contributed by atoms with Crippen molar-refractivity contribution < 1.29 is 4.42 Å². The molecule has 0 aliphatic rings. The second kappa shape index (κ2) is 7.44. The highest BCUT2D eigenvalue weighted by Gasteiger charge is 2.07. The molecule has 0 aromatic carbocycles. The molecule has 3 heteroatoms. The van der Waals surface area contributed by atoms with Gasteiger partial charge in [0.15, 0.2) is 5.89 Å². The van der Waals surface area contributed by atoms with Crippen molar-refractivity contribution >= 4 is 0 Å². The van der Waals surface area contributed by atoms with Crippen LogP contribution in [0.2, 0.25) is 0 Å². The quantitative estimate of drug-likeness (QED) is 0.690. The first-order valence-electron chi connectivity index (χ1n) is 6.40. The van der Waals surface area contributed by atoms with Crippen molar-refractivity contribution in [2.75, 3.05) is 13.1 Å². The minimum Gasteiger partial charge on any atom is -0.446 e. The molecule has 0 aliphatic heterocycles. The number of nitrogens with one attached hydrogen (secondary N) is 1. The molecule has 16 heavy (non-hydrogen) atoms. The fourth-order valence-corrected chi connectivity index (χ4v) is 1.54. The topological polar surface area (TPSA) is 38.1 Å². The number of rotatable bonds is 8. The maximum absolute atomic E-state index is 5.69. The van der Waals surface area contributed by atoms with E-state index in [0.717, 1.165) is 37.6 Å². The third-order valence-electron chi connectivity index (χ3n) is 2.79. The molecular weight excluding hydrogens is 200 g/mol. The van der Waals surface area contributed by atoms with Gasteiger partial charge in [0.1, 0.15) is 5.76 Å². The van der Waals surface area contributed by atoms with Gasteiger partial charge in [-0.3, -0.25) is 0 Å². The van der Waals surface area contributed by atoms with Gasteiger partial charge >= 0.3 is 0 Å². The van der Waals surface area contributed by atoms with Gasteiger partial charge in [0, 0.05) is 19.4 Å². The number of aromatic nitrogens is 1. The Bertz CT molecular complexity index is 283. The average molecular weight is 224 g/mol. The summed E-state index contributed by atoms with van der Waals surface area (Å²) in [4.78, 5) is 4.29. The van der Waals surface area contributed by atoms with Crippen LogP contribution in [0.3, 0.4) is 0 Å². The smallest absolute Gasteiger partial charge is 0.195 e. The monoisotopic (exact) mass is 224 g/mol. The molecule has 0 fully saturated rings. The molecule has 0 amide bonds. The van der Waals surface area contributed by atoms with Gasteiger partial charge in [0.2, 0.25) is 0 Å². The number of hydrogen-bond acceptors (Lipinski definition) is 3. The predicted molar refractivity (Wildman–Crippen MR) is 66.5 cm³/mol. The van der Waals surface area contributed by atoms with Crippen molar-refractivity contribution in [2.45, 2.75) is 46.5 Å². The molecule has 1 heterocycles. The van der Waals surface area contributed by atoms with Gasteiger partial charge in [-0.25, -0.2) is 4.98 Å². The van der Waals surface area contributed by atoms with Crippen molar-refractivity contribution in [3.05, 3.63) is 17.8 Å². The van der Waals surface area contributed by atoms with Crippen molar-refractivity contribution in [2.24, 2.45) is 5.92 Å². The highest BCUT2D eigenvalue weighted by molar-refractivity contribution is 4.95. The van der Waals surface area contributed by atoms with Gasteiger partial charge < -0.3 is 9.73 Å². The Morgan fingerprint density at radius 1 is 1.38 bits per heavy atom. The lowest BCUT2D eigenvalue weighted by molar-refractivity contribution is 0.415. The molecule has 1 atom stereocenters. The largest absolute Gasteiger partial charge is 0.446 e. The Morgan fingerprint density at radius 2 is 2.19 bits per heavy atom. The Balaban J connectivity index is 2.28. The number of hydrogen-bond donors (Lipinski definition) is 1. The lowest BCUT2D eigenvalue weighted by Gasteiger charge is -2.03. The van der Waals surface area contributed by atoms with Gasteiger partial charge in [0.05, 0.1) is 6.20 Å². The van der Waals surface area contributed by atoms with E-state index in [0.29, 0.717) is 5.92 Å². The molecule has 92 valence electrons. The first-order valence-corrected chi connectivity index (χ1v) is 6.40. The van der Waals surface area contributed by atoms with Crippen LogP contribution in [0.25, 0.3) is 0 Å². The summed E-state index contributed by atoms with van der Waals surface area (Å²) >= 11 is 0. The Morgan fingerprint density at radius 3 is 2.88 bits per heavy atom. The zero-order chi connectivity index (χ0) is 11.8. The van der Waals surface area contributed by atoms with Gasteiger partial charge in [-0.1, -0.05) is 27.2 Å². The van der Waals surface area contributed by atoms with E-state index in [2.05, 4.69) is 31.1 Å². The van der Waals surface area contributed by atoms with Crippen LogP contribution in [0, 0.1) is 5.92 Å². The summed E-state index contributed by atoms with van der Waals surface area (Å²) in [7, 11) is 0. The van der Waals surface area contributed by atoms with Crippen molar-refractivity contribution in [1.82, 2.24) is 10.3 Å². The maximum atomic E-state index is 5.69. The summed E-state index contributed by atoms with van der Waals surface area (Å²) in [5, 5.41) is 3.34. The van der Waals surface area contributed by atoms with E-state index in [4.69, 9.17) is 4.42 Å². The molecule has 1 aromatic rings. The second-order valence-corrected chi connectivity index (χ2v) is 4.44. The van der Waals surface area contributed by atoms with Gasteiger partial charge in [-0.05, 0) is 18.9 Å². The lowest BCUT2D eigenvalue weighted by atomic mass is 10.0. The summed E-state index contributed by atoms with van der Waals surface area (Å²) in [6.45, 7) is 8.64. The van der Waals surface area contributed by atoms with E-state index >= 15 is 0 Å². The van der Waals surface area contributed by atoms with Crippen LogP contribution in [0.5, 0.6) is 0 Å². The maximum Gasteiger partial charge on any atom is 0.195 e. The molecule has 0 spiro atoms. The van der Waals surface area contributed by atoms with Crippen LogP contribution >= 0.6 is 0 Å². The zero-order valence-electron chi connectivity index (χ0n) is 10.8. The van der Waals surface area contributed by atoms with Crippen molar-refractivity contribution in [1.29, 1.82) is 0 Å². The van der Waals surface area contributed by atoms with Gasteiger partial charge in [0.25, 0.3) is 0 Å². The van der Waals surface area contributed by atoms with E-state index in [1.54, 1.807) is 0 Å². The van der Waals surface area contributed by atoms with E-state index < -0.39 is 0 Å². The normalized spacial score (nSPS) is 12.9. The number of oxazole rings is 1. The molecule has 1 rings (SSSR count). The molecule has 1 unspecified atom stereocenters. The Kier molecular flexibility index (Phi) is 6.16.